The van der Waals surface area contributed by atoms with Gasteiger partial charge in [0.25, 0.3) is 0 Å². The summed E-state index contributed by atoms with van der Waals surface area (Å²) in [6.45, 7) is 8.68. The van der Waals surface area contributed by atoms with Crippen molar-refractivity contribution in [2.75, 3.05) is 6.61 Å². The molecule has 80 valence electrons. The monoisotopic (exact) mass is 196 g/mol. The Morgan fingerprint density at radius 1 is 1.57 bits per heavy atom. The molecule has 1 rings (SSSR count). The van der Waals surface area contributed by atoms with Crippen molar-refractivity contribution in [2.24, 2.45) is 17.3 Å². The molecule has 0 heterocycles. The van der Waals surface area contributed by atoms with E-state index in [0.717, 1.165) is 6.42 Å². The quantitative estimate of drug-likeness (QED) is 0.501. The van der Waals surface area contributed by atoms with Gasteiger partial charge in [-0.1, -0.05) is 32.9 Å². The molecular formula is C12H20O2. The van der Waals surface area contributed by atoms with Gasteiger partial charge >= 0.3 is 5.97 Å². The summed E-state index contributed by atoms with van der Waals surface area (Å²) in [5.74, 6) is 0.250. The van der Waals surface area contributed by atoms with Crippen LogP contribution in [0.2, 0.25) is 0 Å². The predicted octanol–water partition coefficient (Wildman–Crippen LogP) is 2.79. The van der Waals surface area contributed by atoms with E-state index in [4.69, 9.17) is 4.74 Å². The highest BCUT2D eigenvalue weighted by molar-refractivity contribution is 5.74. The number of carbonyl (C=O) groups is 1. The molecule has 0 fully saturated rings. The zero-order valence-corrected chi connectivity index (χ0v) is 9.54. The Bertz CT molecular complexity index is 241. The van der Waals surface area contributed by atoms with Crippen LogP contribution in [0, 0.1) is 17.3 Å². The smallest absolute Gasteiger partial charge is 0.310 e. The summed E-state index contributed by atoms with van der Waals surface area (Å²) in [5, 5.41) is 0. The van der Waals surface area contributed by atoms with Gasteiger partial charge in [0.15, 0.2) is 0 Å². The average Bonchev–Trinajstić information content (AvgIpc) is 2.02. The predicted molar refractivity (Wildman–Crippen MR) is 56.8 cm³/mol. The van der Waals surface area contributed by atoms with Crippen LogP contribution in [0.5, 0.6) is 0 Å². The van der Waals surface area contributed by atoms with Gasteiger partial charge < -0.3 is 4.74 Å². The molecule has 0 amide bonds. The van der Waals surface area contributed by atoms with E-state index in [0.29, 0.717) is 6.61 Å². The minimum absolute atomic E-state index is 0.00690. The summed E-state index contributed by atoms with van der Waals surface area (Å²) in [5.41, 5.74) is 0.0282. The molecule has 0 N–H and O–H groups in total. The van der Waals surface area contributed by atoms with Gasteiger partial charge in [0.2, 0.25) is 0 Å². The Labute approximate surface area is 86.3 Å². The van der Waals surface area contributed by atoms with Gasteiger partial charge in [-0.3, -0.25) is 4.79 Å². The zero-order valence-electron chi connectivity index (χ0n) is 9.54. The van der Waals surface area contributed by atoms with Gasteiger partial charge in [0.05, 0.1) is 12.5 Å². The van der Waals surface area contributed by atoms with Crippen molar-refractivity contribution < 1.29 is 9.53 Å². The Hall–Kier alpha value is -0.790. The molecule has 2 heteroatoms. The van der Waals surface area contributed by atoms with Gasteiger partial charge in [-0.2, -0.15) is 0 Å². The lowest BCUT2D eigenvalue weighted by Gasteiger charge is -2.37. The van der Waals surface area contributed by atoms with Crippen LogP contribution in [0.4, 0.5) is 0 Å². The molecule has 0 aromatic carbocycles. The molecule has 0 aromatic rings. The largest absolute Gasteiger partial charge is 0.466 e. The molecule has 0 saturated carbocycles. The molecule has 0 spiro atoms. The van der Waals surface area contributed by atoms with E-state index in [-0.39, 0.29) is 23.2 Å². The Kier molecular flexibility index (Phi) is 3.35. The third kappa shape index (κ3) is 2.17. The van der Waals surface area contributed by atoms with Crippen molar-refractivity contribution in [3.8, 4) is 0 Å². The minimum atomic E-state index is -0.0469. The molecule has 2 atom stereocenters. The van der Waals surface area contributed by atoms with Crippen molar-refractivity contribution in [3.63, 3.8) is 0 Å². The van der Waals surface area contributed by atoms with E-state index >= 15 is 0 Å². The molecule has 0 unspecified atom stereocenters. The molecular weight excluding hydrogens is 176 g/mol. The topological polar surface area (TPSA) is 26.3 Å². The SMILES string of the molecule is CCOC(=O)[C@H]1[C@H](C)C=CCC1(C)C. The number of hydrogen-bond donors (Lipinski definition) is 0. The highest BCUT2D eigenvalue weighted by Crippen LogP contribution is 2.41. The van der Waals surface area contributed by atoms with Crippen molar-refractivity contribution in [2.45, 2.75) is 34.1 Å². The fourth-order valence-electron chi connectivity index (χ4n) is 2.30. The fraction of sp³-hybridized carbons (Fsp3) is 0.750. The van der Waals surface area contributed by atoms with Crippen LogP contribution in [0.3, 0.4) is 0 Å². The van der Waals surface area contributed by atoms with E-state index < -0.39 is 0 Å². The molecule has 0 aliphatic heterocycles. The van der Waals surface area contributed by atoms with E-state index in [1.165, 1.54) is 0 Å². The maximum Gasteiger partial charge on any atom is 0.310 e. The average molecular weight is 196 g/mol. The summed E-state index contributed by atoms with van der Waals surface area (Å²) >= 11 is 0. The van der Waals surface area contributed by atoms with E-state index in [9.17, 15) is 4.79 Å². The molecule has 0 aromatic heterocycles. The Morgan fingerprint density at radius 2 is 2.21 bits per heavy atom. The van der Waals surface area contributed by atoms with Crippen molar-refractivity contribution >= 4 is 5.97 Å². The van der Waals surface area contributed by atoms with Crippen LogP contribution >= 0.6 is 0 Å². The lowest BCUT2D eigenvalue weighted by molar-refractivity contribution is -0.154. The van der Waals surface area contributed by atoms with Crippen LogP contribution in [0.25, 0.3) is 0 Å². The van der Waals surface area contributed by atoms with Crippen LogP contribution < -0.4 is 0 Å². The van der Waals surface area contributed by atoms with Crippen LogP contribution in [-0.4, -0.2) is 12.6 Å². The lowest BCUT2D eigenvalue weighted by Crippen LogP contribution is -2.38. The second-order valence-corrected chi connectivity index (χ2v) is 4.71. The minimum Gasteiger partial charge on any atom is -0.466 e. The van der Waals surface area contributed by atoms with E-state index in [1.807, 2.05) is 6.92 Å². The Morgan fingerprint density at radius 3 is 2.71 bits per heavy atom. The van der Waals surface area contributed by atoms with Crippen molar-refractivity contribution in [1.82, 2.24) is 0 Å². The first-order valence-electron chi connectivity index (χ1n) is 5.32. The first-order chi connectivity index (χ1) is 6.49. The van der Waals surface area contributed by atoms with Gasteiger partial charge in [-0.05, 0) is 24.7 Å². The molecule has 0 saturated heterocycles. The maximum absolute atomic E-state index is 11.8. The lowest BCUT2D eigenvalue weighted by atomic mass is 9.67. The maximum atomic E-state index is 11.8. The molecule has 0 bridgehead atoms. The number of hydrogen-bond acceptors (Lipinski definition) is 2. The number of carbonyl (C=O) groups excluding carboxylic acids is 1. The summed E-state index contributed by atoms with van der Waals surface area (Å²) in [6.07, 6.45) is 5.24. The summed E-state index contributed by atoms with van der Waals surface area (Å²) < 4.78 is 5.11. The normalized spacial score (nSPS) is 30.0. The first kappa shape index (κ1) is 11.3. The number of allylic oxidation sites excluding steroid dienone is 2. The third-order valence-corrected chi connectivity index (χ3v) is 2.99. The number of rotatable bonds is 2. The molecule has 1 aliphatic rings. The highest BCUT2D eigenvalue weighted by Gasteiger charge is 2.40. The van der Waals surface area contributed by atoms with Gasteiger partial charge in [0, 0.05) is 0 Å². The summed E-state index contributed by atoms with van der Waals surface area (Å²) in [6, 6.07) is 0. The molecule has 0 radical (unpaired) electrons. The zero-order chi connectivity index (χ0) is 10.8. The summed E-state index contributed by atoms with van der Waals surface area (Å²) in [4.78, 5) is 11.8. The Balaban J connectivity index is 2.82. The standard InChI is InChI=1S/C12H20O2/c1-5-14-11(13)10-9(2)7-6-8-12(10,3)4/h6-7,9-10H,5,8H2,1-4H3/t9-,10-/m1/s1. The second-order valence-electron chi connectivity index (χ2n) is 4.71. The van der Waals surface area contributed by atoms with Gasteiger partial charge in [-0.15, -0.1) is 0 Å². The second kappa shape index (κ2) is 4.16. The molecule has 14 heavy (non-hydrogen) atoms. The number of esters is 1. The molecule has 2 nitrogen and oxygen atoms in total. The summed E-state index contributed by atoms with van der Waals surface area (Å²) in [7, 11) is 0. The van der Waals surface area contributed by atoms with Crippen LogP contribution in [0.1, 0.15) is 34.1 Å². The highest BCUT2D eigenvalue weighted by atomic mass is 16.5. The van der Waals surface area contributed by atoms with E-state index in [1.54, 1.807) is 0 Å². The van der Waals surface area contributed by atoms with Crippen molar-refractivity contribution in [3.05, 3.63) is 12.2 Å². The van der Waals surface area contributed by atoms with Crippen LogP contribution in [0.15, 0.2) is 12.2 Å². The number of ether oxygens (including phenoxy) is 1. The van der Waals surface area contributed by atoms with Crippen molar-refractivity contribution in [1.29, 1.82) is 0 Å². The molecule has 1 aliphatic carbocycles. The fourth-order valence-corrected chi connectivity index (χ4v) is 2.30. The van der Waals surface area contributed by atoms with Gasteiger partial charge in [-0.25, -0.2) is 0 Å². The van der Waals surface area contributed by atoms with Crippen LogP contribution in [-0.2, 0) is 9.53 Å². The van der Waals surface area contributed by atoms with E-state index in [2.05, 4.69) is 32.9 Å². The first-order valence-corrected chi connectivity index (χ1v) is 5.32. The third-order valence-electron chi connectivity index (χ3n) is 2.99. The van der Waals surface area contributed by atoms with Gasteiger partial charge in [0.1, 0.15) is 0 Å².